The van der Waals surface area contributed by atoms with Gasteiger partial charge in [0, 0.05) is 23.5 Å². The predicted octanol–water partition coefficient (Wildman–Crippen LogP) is 1.56. The lowest BCUT2D eigenvalue weighted by atomic mass is 9.84. The van der Waals surface area contributed by atoms with E-state index >= 15 is 0 Å². The Morgan fingerprint density at radius 1 is 1.02 bits per heavy atom. The number of nitrogens with two attached hydrogens (primary N) is 2. The Morgan fingerprint density at radius 3 is 2.33 bits per heavy atom. The average molecular weight is 717 g/mol. The van der Waals surface area contributed by atoms with E-state index in [4.69, 9.17) is 25.4 Å². The van der Waals surface area contributed by atoms with E-state index in [1.165, 1.54) is 24.3 Å². The highest BCUT2D eigenvalue weighted by Gasteiger charge is 2.58. The summed E-state index contributed by atoms with van der Waals surface area (Å²) in [7, 11) is 0. The van der Waals surface area contributed by atoms with Crippen molar-refractivity contribution in [2.24, 2.45) is 16.5 Å². The Balaban J connectivity index is 1.55. The van der Waals surface area contributed by atoms with Crippen molar-refractivity contribution in [2.45, 2.75) is 49.5 Å². The second kappa shape index (κ2) is 13.9. The van der Waals surface area contributed by atoms with E-state index in [0.717, 1.165) is 11.6 Å². The number of carboxylic acids is 1. The van der Waals surface area contributed by atoms with E-state index in [2.05, 4.69) is 9.98 Å². The first kappa shape index (κ1) is 35.7. The normalized spacial score (nSPS) is 22.2. The van der Waals surface area contributed by atoms with Crippen molar-refractivity contribution in [3.8, 4) is 34.3 Å². The second-order valence-corrected chi connectivity index (χ2v) is 12.3. The first-order valence-corrected chi connectivity index (χ1v) is 16.0. The first-order valence-electron chi connectivity index (χ1n) is 16.0. The second-order valence-electron chi connectivity index (χ2n) is 12.3. The number of nitrogens with one attached hydrogen (secondary N) is 1. The van der Waals surface area contributed by atoms with Gasteiger partial charge in [0.1, 0.15) is 40.3 Å². The van der Waals surface area contributed by atoms with Gasteiger partial charge in [-0.3, -0.25) is 9.79 Å². The highest BCUT2D eigenvalue weighted by atomic mass is 16.7. The van der Waals surface area contributed by atoms with Crippen LogP contribution in [0.25, 0.3) is 22.3 Å². The van der Waals surface area contributed by atoms with Gasteiger partial charge in [-0.2, -0.15) is 0 Å². The number of nitrogens with zero attached hydrogens (tertiary/aromatic N) is 1. The molecule has 12 N–H and O–H groups in total. The molecule has 1 saturated heterocycles. The van der Waals surface area contributed by atoms with Gasteiger partial charge in [-0.15, -0.1) is 0 Å². The molecule has 52 heavy (non-hydrogen) atoms. The molecule has 0 amide bonds. The highest BCUT2D eigenvalue weighted by molar-refractivity contribution is 5.91. The number of carboxylic acid groups (broad SMARTS) is 1. The summed E-state index contributed by atoms with van der Waals surface area (Å²) in [6, 6.07) is 17.8. The number of aromatic amines is 1. The molecule has 0 bridgehead atoms. The number of phenolic OH excluding ortho intramolecular Hbond substituents is 3. The summed E-state index contributed by atoms with van der Waals surface area (Å²) in [6.07, 6.45) is -6.27. The van der Waals surface area contributed by atoms with Gasteiger partial charge < -0.3 is 66.1 Å². The van der Waals surface area contributed by atoms with E-state index in [1.807, 2.05) is 37.4 Å². The topological polar surface area (TPSA) is 288 Å². The summed E-state index contributed by atoms with van der Waals surface area (Å²) in [5.41, 5.74) is 9.61. The Labute approximate surface area is 294 Å². The molecule has 0 radical (unpaired) electrons. The lowest BCUT2D eigenvalue weighted by Gasteiger charge is -2.45. The number of aliphatic hydroxyl groups is 3. The lowest BCUT2D eigenvalue weighted by molar-refractivity contribution is -0.303. The number of guanidine groups is 1. The number of aromatic hydroxyl groups is 3. The first-order chi connectivity index (χ1) is 24.7. The average Bonchev–Trinajstić information content (AvgIpc) is 3.60. The molecule has 1 aliphatic rings. The number of hydrogen-bond acceptors (Lipinski definition) is 12. The number of fused-ring (bicyclic) bond motifs is 1. The van der Waals surface area contributed by atoms with Crippen LogP contribution in [-0.4, -0.2) is 89.4 Å². The Hall–Kier alpha value is -6.07. The van der Waals surface area contributed by atoms with Crippen LogP contribution in [-0.2, 0) is 16.0 Å². The zero-order chi connectivity index (χ0) is 37.5. The lowest BCUT2D eigenvalue weighted by Crippen LogP contribution is -2.70. The maximum atomic E-state index is 14.7. The van der Waals surface area contributed by atoms with Gasteiger partial charge in [-0.05, 0) is 47.9 Å². The number of carbonyl (C=O) groups is 1. The van der Waals surface area contributed by atoms with Crippen molar-refractivity contribution < 1.29 is 54.4 Å². The molecule has 0 aliphatic carbocycles. The van der Waals surface area contributed by atoms with Crippen LogP contribution >= 0.6 is 0 Å². The molecule has 5 aromatic rings. The molecule has 3 aromatic carbocycles. The molecule has 16 heteroatoms. The van der Waals surface area contributed by atoms with E-state index in [0.29, 0.717) is 23.2 Å². The van der Waals surface area contributed by atoms with Crippen molar-refractivity contribution >= 4 is 22.9 Å². The summed E-state index contributed by atoms with van der Waals surface area (Å²) in [5, 5.41) is 74.7. The van der Waals surface area contributed by atoms with Gasteiger partial charge in [-0.25, -0.2) is 4.79 Å². The van der Waals surface area contributed by atoms with Crippen LogP contribution in [0.2, 0.25) is 0 Å². The van der Waals surface area contributed by atoms with Crippen molar-refractivity contribution in [2.75, 3.05) is 6.54 Å². The fourth-order valence-corrected chi connectivity index (χ4v) is 6.25. The molecule has 6 atom stereocenters. The molecule has 1 fully saturated rings. The largest absolute Gasteiger partial charge is 0.508 e. The fourth-order valence-electron chi connectivity index (χ4n) is 6.25. The maximum absolute atomic E-state index is 14.7. The number of phenols is 3. The number of rotatable bonds is 10. The zero-order valence-corrected chi connectivity index (χ0v) is 27.5. The molecule has 3 heterocycles. The number of aliphatic carboxylic acids is 1. The fraction of sp³-hybridized carbons (Fsp3) is 0.250. The molecule has 16 nitrogen and oxygen atoms in total. The zero-order valence-electron chi connectivity index (χ0n) is 27.5. The molecule has 1 aliphatic heterocycles. The molecule has 0 spiro atoms. The molecule has 0 saturated carbocycles. The Kier molecular flexibility index (Phi) is 9.57. The van der Waals surface area contributed by atoms with Crippen LogP contribution in [0, 0.1) is 0 Å². The maximum Gasteiger partial charge on any atom is 0.335 e. The number of ether oxygens (including phenoxy) is 2. The molecule has 272 valence electrons. The SMILES string of the molecule is CCc1c[nH]c(C(c2ccccc2)c2c(-c3ccc(O)cc3)oc3cc(OC4OC(C(=O)O)C(O)C(O)(CN=C(N)N)C4O)c(O)c(O)c3c2=O)c1. The summed E-state index contributed by atoms with van der Waals surface area (Å²) < 4.78 is 17.2. The third-order valence-electron chi connectivity index (χ3n) is 9.02. The summed E-state index contributed by atoms with van der Waals surface area (Å²) in [6.45, 7) is 1.10. The van der Waals surface area contributed by atoms with E-state index in [9.17, 15) is 45.3 Å². The molecular formula is C36H36N4O12. The van der Waals surface area contributed by atoms with Crippen LogP contribution in [0.1, 0.15) is 35.2 Å². The van der Waals surface area contributed by atoms with Gasteiger partial charge in [0.2, 0.25) is 17.5 Å². The summed E-state index contributed by atoms with van der Waals surface area (Å²) >= 11 is 0. The van der Waals surface area contributed by atoms with Crippen molar-refractivity contribution in [3.05, 3.63) is 106 Å². The van der Waals surface area contributed by atoms with Crippen molar-refractivity contribution in [1.82, 2.24) is 4.98 Å². The number of aryl methyl sites for hydroxylation is 1. The number of aliphatic hydroxyl groups excluding tert-OH is 2. The minimum absolute atomic E-state index is 0.0321. The Morgan fingerprint density at radius 2 is 1.71 bits per heavy atom. The molecular weight excluding hydrogens is 680 g/mol. The Bertz CT molecular complexity index is 2200. The van der Waals surface area contributed by atoms with Crippen LogP contribution in [0.5, 0.6) is 23.0 Å². The molecule has 2 aromatic heterocycles. The number of benzene rings is 3. The highest BCUT2D eigenvalue weighted by Crippen LogP contribution is 2.46. The summed E-state index contributed by atoms with van der Waals surface area (Å²) in [4.78, 5) is 33.5. The van der Waals surface area contributed by atoms with Gasteiger partial charge in [0.25, 0.3) is 0 Å². The van der Waals surface area contributed by atoms with Crippen molar-refractivity contribution in [1.29, 1.82) is 0 Å². The van der Waals surface area contributed by atoms with Gasteiger partial charge in [-0.1, -0.05) is 37.3 Å². The molecule has 6 unspecified atom stereocenters. The minimum atomic E-state index is -2.74. The number of aliphatic imine (C=N–C) groups is 1. The number of hydrogen-bond donors (Lipinski definition) is 10. The van der Waals surface area contributed by atoms with E-state index < -0.39 is 82.7 Å². The van der Waals surface area contributed by atoms with Gasteiger partial charge in [0.15, 0.2) is 23.6 Å². The quantitative estimate of drug-likeness (QED) is 0.0558. The monoisotopic (exact) mass is 716 g/mol. The molecule has 6 rings (SSSR count). The van der Waals surface area contributed by atoms with Gasteiger partial charge in [0.05, 0.1) is 18.0 Å². The van der Waals surface area contributed by atoms with Crippen LogP contribution < -0.4 is 21.6 Å². The minimum Gasteiger partial charge on any atom is -0.508 e. The van der Waals surface area contributed by atoms with Crippen LogP contribution in [0.4, 0.5) is 0 Å². The van der Waals surface area contributed by atoms with Crippen LogP contribution in [0.3, 0.4) is 0 Å². The predicted molar refractivity (Wildman–Crippen MR) is 185 cm³/mol. The van der Waals surface area contributed by atoms with Crippen LogP contribution in [0.15, 0.2) is 87.1 Å². The number of aromatic nitrogens is 1. The van der Waals surface area contributed by atoms with Crippen molar-refractivity contribution in [3.63, 3.8) is 0 Å². The van der Waals surface area contributed by atoms with E-state index in [1.54, 1.807) is 12.1 Å². The smallest absolute Gasteiger partial charge is 0.335 e. The summed E-state index contributed by atoms with van der Waals surface area (Å²) in [5.74, 6) is -5.77. The number of H-pyrrole nitrogens is 1. The van der Waals surface area contributed by atoms with Gasteiger partial charge >= 0.3 is 5.97 Å². The van der Waals surface area contributed by atoms with E-state index in [-0.39, 0.29) is 22.7 Å². The standard InChI is InChI=1S/C36H36N4O12/c1-2-16-12-20(39-14-16)23(17-6-4-3-5-7-17)25-27(43)24-21(50-29(25)18-8-10-19(41)11-9-18)13-22(26(42)28(24)44)51-34-32(46)36(49,15-40-35(37)38)31(45)30(52-34)33(47)48/h3-14,23,30-32,34,39,41-42,44-46,49H,2,15H2,1H3,(H,47,48)(H4,37,38,40). The third kappa shape index (κ3) is 6.35. The third-order valence-corrected chi connectivity index (χ3v) is 9.02.